The lowest BCUT2D eigenvalue weighted by atomic mass is 9.99. The summed E-state index contributed by atoms with van der Waals surface area (Å²) in [5, 5.41) is 0. The number of ether oxygens (including phenoxy) is 3. The van der Waals surface area contributed by atoms with Crippen molar-refractivity contribution in [3.63, 3.8) is 0 Å². The van der Waals surface area contributed by atoms with Gasteiger partial charge in [0.1, 0.15) is 0 Å². The van der Waals surface area contributed by atoms with Gasteiger partial charge in [0, 0.05) is 7.11 Å². The van der Waals surface area contributed by atoms with E-state index in [9.17, 15) is 9.59 Å². The van der Waals surface area contributed by atoms with E-state index in [-0.39, 0.29) is 18.1 Å². The minimum atomic E-state index is -0.458. The van der Waals surface area contributed by atoms with Gasteiger partial charge < -0.3 is 19.9 Å². The third-order valence-corrected chi connectivity index (χ3v) is 2.78. The SMILES string of the molecule is COC(=O)CC(OC)c1cc(N)c(OC=O)cc1C. The second-order valence-electron chi connectivity index (χ2n) is 3.97. The number of nitrogens with two attached hydrogens (primary N) is 1. The van der Waals surface area contributed by atoms with Crippen molar-refractivity contribution in [1.29, 1.82) is 0 Å². The molecule has 19 heavy (non-hydrogen) atoms. The van der Waals surface area contributed by atoms with Crippen molar-refractivity contribution >= 4 is 18.1 Å². The largest absolute Gasteiger partial charge is 0.469 e. The highest BCUT2D eigenvalue weighted by Crippen LogP contribution is 2.31. The fourth-order valence-corrected chi connectivity index (χ4v) is 1.77. The summed E-state index contributed by atoms with van der Waals surface area (Å²) < 4.78 is 14.6. The van der Waals surface area contributed by atoms with Crippen LogP contribution in [0.4, 0.5) is 5.69 Å². The van der Waals surface area contributed by atoms with Gasteiger partial charge in [0.15, 0.2) is 5.75 Å². The van der Waals surface area contributed by atoms with Crippen LogP contribution in [-0.2, 0) is 19.1 Å². The summed E-state index contributed by atoms with van der Waals surface area (Å²) in [5.74, 6) is -0.0952. The minimum Gasteiger partial charge on any atom is -0.469 e. The molecule has 6 nitrogen and oxygen atoms in total. The highest BCUT2D eigenvalue weighted by molar-refractivity contribution is 5.70. The summed E-state index contributed by atoms with van der Waals surface area (Å²) in [6.45, 7) is 2.13. The highest BCUT2D eigenvalue weighted by atomic mass is 16.5. The minimum absolute atomic E-state index is 0.0845. The van der Waals surface area contributed by atoms with E-state index in [4.69, 9.17) is 15.2 Å². The average Bonchev–Trinajstić information content (AvgIpc) is 2.40. The van der Waals surface area contributed by atoms with Gasteiger partial charge in [-0.25, -0.2) is 0 Å². The first-order valence-corrected chi connectivity index (χ1v) is 5.63. The number of rotatable bonds is 6. The van der Waals surface area contributed by atoms with Gasteiger partial charge >= 0.3 is 5.97 Å². The summed E-state index contributed by atoms with van der Waals surface area (Å²) >= 11 is 0. The van der Waals surface area contributed by atoms with Crippen LogP contribution in [0, 0.1) is 6.92 Å². The van der Waals surface area contributed by atoms with Crippen LogP contribution >= 0.6 is 0 Å². The van der Waals surface area contributed by atoms with Crippen molar-refractivity contribution in [1.82, 2.24) is 0 Å². The van der Waals surface area contributed by atoms with Crippen molar-refractivity contribution in [2.75, 3.05) is 20.0 Å². The predicted octanol–water partition coefficient (Wildman–Crippen LogP) is 1.36. The molecule has 0 spiro atoms. The molecule has 0 saturated heterocycles. The molecule has 0 aliphatic heterocycles. The number of carbonyl (C=O) groups excluding carboxylic acids is 2. The summed E-state index contributed by atoms with van der Waals surface area (Å²) in [4.78, 5) is 21.6. The molecule has 0 fully saturated rings. The van der Waals surface area contributed by atoms with Gasteiger partial charge in [0.05, 0.1) is 25.3 Å². The molecule has 1 aromatic rings. The molecule has 1 unspecified atom stereocenters. The summed E-state index contributed by atoms with van der Waals surface area (Å²) in [5.41, 5.74) is 7.64. The maximum Gasteiger partial charge on any atom is 0.308 e. The molecule has 1 atom stereocenters. The van der Waals surface area contributed by atoms with Crippen LogP contribution in [-0.4, -0.2) is 26.7 Å². The lowest BCUT2D eigenvalue weighted by Gasteiger charge is -2.18. The highest BCUT2D eigenvalue weighted by Gasteiger charge is 2.19. The molecular formula is C13H17NO5. The number of hydrogen-bond donors (Lipinski definition) is 1. The quantitative estimate of drug-likeness (QED) is 0.475. The van der Waals surface area contributed by atoms with Gasteiger partial charge in [0.2, 0.25) is 0 Å². The van der Waals surface area contributed by atoms with Gasteiger partial charge in [-0.1, -0.05) is 0 Å². The first-order chi connectivity index (χ1) is 9.03. The van der Waals surface area contributed by atoms with E-state index in [1.54, 1.807) is 12.1 Å². The second-order valence-corrected chi connectivity index (χ2v) is 3.97. The van der Waals surface area contributed by atoms with Gasteiger partial charge in [-0.3, -0.25) is 9.59 Å². The Morgan fingerprint density at radius 1 is 1.42 bits per heavy atom. The van der Waals surface area contributed by atoms with Crippen LogP contribution in [0.2, 0.25) is 0 Å². The predicted molar refractivity (Wildman–Crippen MR) is 68.7 cm³/mol. The zero-order valence-electron chi connectivity index (χ0n) is 11.1. The Bertz CT molecular complexity index is 472. The molecule has 0 aliphatic carbocycles. The molecule has 2 N–H and O–H groups in total. The van der Waals surface area contributed by atoms with Crippen molar-refractivity contribution < 1.29 is 23.8 Å². The number of nitrogen functional groups attached to an aromatic ring is 1. The molecule has 6 heteroatoms. The fourth-order valence-electron chi connectivity index (χ4n) is 1.77. The third kappa shape index (κ3) is 3.69. The number of carbonyl (C=O) groups is 2. The number of benzene rings is 1. The van der Waals surface area contributed by atoms with Crippen LogP contribution in [0.5, 0.6) is 5.75 Å². The summed E-state index contributed by atoms with van der Waals surface area (Å²) in [6, 6.07) is 3.26. The Kier molecular flexibility index (Phi) is 5.32. The first kappa shape index (κ1) is 15.0. The molecule has 0 bridgehead atoms. The number of aryl methyl sites for hydroxylation is 1. The topological polar surface area (TPSA) is 87.8 Å². The van der Waals surface area contributed by atoms with Crippen molar-refractivity contribution in [3.8, 4) is 5.75 Å². The van der Waals surface area contributed by atoms with E-state index in [2.05, 4.69) is 4.74 Å². The molecule has 0 radical (unpaired) electrons. The second kappa shape index (κ2) is 6.75. The molecule has 0 saturated carbocycles. The van der Waals surface area contributed by atoms with Gasteiger partial charge in [0.25, 0.3) is 6.47 Å². The molecule has 0 aromatic heterocycles. The molecule has 0 aliphatic rings. The van der Waals surface area contributed by atoms with E-state index in [0.717, 1.165) is 11.1 Å². The average molecular weight is 267 g/mol. The van der Waals surface area contributed by atoms with E-state index >= 15 is 0 Å². The number of anilines is 1. The smallest absolute Gasteiger partial charge is 0.308 e. The number of methoxy groups -OCH3 is 2. The Morgan fingerprint density at radius 2 is 2.11 bits per heavy atom. The normalized spacial score (nSPS) is 11.7. The first-order valence-electron chi connectivity index (χ1n) is 5.63. The Hall–Kier alpha value is -2.08. The van der Waals surface area contributed by atoms with Gasteiger partial charge in [-0.05, 0) is 30.2 Å². The van der Waals surface area contributed by atoms with Crippen LogP contribution in [0.1, 0.15) is 23.7 Å². The van der Waals surface area contributed by atoms with Gasteiger partial charge in [-0.2, -0.15) is 0 Å². The van der Waals surface area contributed by atoms with E-state index < -0.39 is 6.10 Å². The van der Waals surface area contributed by atoms with Crippen LogP contribution in [0.15, 0.2) is 12.1 Å². The zero-order valence-corrected chi connectivity index (χ0v) is 11.1. The standard InChI is InChI=1S/C13H17NO5/c1-8-4-12(19-7-15)10(14)5-9(8)11(17-2)6-13(16)18-3/h4-5,7,11H,6,14H2,1-3H3. The van der Waals surface area contributed by atoms with Gasteiger partial charge in [-0.15, -0.1) is 0 Å². The van der Waals surface area contributed by atoms with Crippen molar-refractivity contribution in [2.24, 2.45) is 0 Å². The van der Waals surface area contributed by atoms with Crippen LogP contribution in [0.25, 0.3) is 0 Å². The van der Waals surface area contributed by atoms with Crippen LogP contribution in [0.3, 0.4) is 0 Å². The molecule has 1 rings (SSSR count). The lowest BCUT2D eigenvalue weighted by Crippen LogP contribution is -2.12. The molecular weight excluding hydrogens is 250 g/mol. The van der Waals surface area contributed by atoms with Crippen LogP contribution < -0.4 is 10.5 Å². The van der Waals surface area contributed by atoms with E-state index in [1.165, 1.54) is 14.2 Å². The Labute approximate surface area is 111 Å². The third-order valence-electron chi connectivity index (χ3n) is 2.78. The number of hydrogen-bond acceptors (Lipinski definition) is 6. The molecule has 1 aromatic carbocycles. The summed E-state index contributed by atoms with van der Waals surface area (Å²) in [6.07, 6.45) is -0.374. The van der Waals surface area contributed by atoms with Crippen molar-refractivity contribution in [3.05, 3.63) is 23.3 Å². The monoisotopic (exact) mass is 267 g/mol. The molecule has 104 valence electrons. The lowest BCUT2D eigenvalue weighted by molar-refractivity contribution is -0.143. The summed E-state index contributed by atoms with van der Waals surface area (Å²) in [7, 11) is 2.82. The molecule has 0 heterocycles. The van der Waals surface area contributed by atoms with E-state index in [1.807, 2.05) is 6.92 Å². The molecule has 0 amide bonds. The maximum absolute atomic E-state index is 11.3. The maximum atomic E-state index is 11.3. The Morgan fingerprint density at radius 3 is 2.63 bits per heavy atom. The fraction of sp³-hybridized carbons (Fsp3) is 0.385. The van der Waals surface area contributed by atoms with E-state index in [0.29, 0.717) is 12.2 Å². The number of esters is 1. The Balaban J connectivity index is 3.07. The zero-order chi connectivity index (χ0) is 14.4. The van der Waals surface area contributed by atoms with Crippen molar-refractivity contribution in [2.45, 2.75) is 19.4 Å².